The minimum atomic E-state index is -4.47. The first-order chi connectivity index (χ1) is 7.92. The number of ketones is 1. The molecule has 0 spiro atoms. The lowest BCUT2D eigenvalue weighted by atomic mass is 9.79. The zero-order valence-electron chi connectivity index (χ0n) is 9.47. The van der Waals surface area contributed by atoms with Crippen LogP contribution in [0.25, 0.3) is 0 Å². The van der Waals surface area contributed by atoms with Crippen LogP contribution >= 0.6 is 0 Å². The molecule has 1 nitrogen and oxygen atoms in total. The van der Waals surface area contributed by atoms with Crippen molar-refractivity contribution in [3.05, 3.63) is 35.4 Å². The van der Waals surface area contributed by atoms with E-state index in [-0.39, 0.29) is 18.4 Å². The third-order valence-electron chi connectivity index (χ3n) is 3.41. The first-order valence-electron chi connectivity index (χ1n) is 5.62. The normalized spacial score (nSPS) is 23.9. The number of benzene rings is 1. The maximum atomic E-state index is 13.2. The van der Waals surface area contributed by atoms with Gasteiger partial charge in [0.1, 0.15) is 5.41 Å². The molecular weight excluding hydrogens is 229 g/mol. The van der Waals surface area contributed by atoms with Crippen LogP contribution in [0.3, 0.4) is 0 Å². The Morgan fingerprint density at radius 1 is 1.29 bits per heavy atom. The standard InChI is InChI=1S/C13H13F3O/c1-2-7-12(13(14,15)16)8-9-5-3-4-6-10(9)11(12)17/h3-6H,2,7-8H2,1H3. The van der Waals surface area contributed by atoms with E-state index in [1.807, 2.05) is 0 Å². The highest BCUT2D eigenvalue weighted by molar-refractivity contribution is 6.05. The highest BCUT2D eigenvalue weighted by atomic mass is 19.4. The fourth-order valence-electron chi connectivity index (χ4n) is 2.56. The maximum Gasteiger partial charge on any atom is 0.401 e. The Labute approximate surface area is 97.6 Å². The SMILES string of the molecule is CCCC1(C(F)(F)F)Cc2ccccc2C1=O. The number of halogens is 3. The summed E-state index contributed by atoms with van der Waals surface area (Å²) in [5.41, 5.74) is -1.44. The van der Waals surface area contributed by atoms with Gasteiger partial charge in [-0.05, 0) is 18.4 Å². The number of hydrogen-bond acceptors (Lipinski definition) is 1. The fraction of sp³-hybridized carbons (Fsp3) is 0.462. The van der Waals surface area contributed by atoms with E-state index >= 15 is 0 Å². The van der Waals surface area contributed by atoms with Crippen molar-refractivity contribution in [2.45, 2.75) is 32.4 Å². The molecule has 0 saturated carbocycles. The molecule has 1 unspecified atom stereocenters. The van der Waals surface area contributed by atoms with Crippen molar-refractivity contribution in [3.63, 3.8) is 0 Å². The van der Waals surface area contributed by atoms with Gasteiger partial charge in [-0.3, -0.25) is 4.79 Å². The number of carbonyl (C=O) groups excluding carboxylic acids is 1. The van der Waals surface area contributed by atoms with E-state index in [1.165, 1.54) is 6.07 Å². The van der Waals surface area contributed by atoms with E-state index < -0.39 is 17.4 Å². The van der Waals surface area contributed by atoms with Gasteiger partial charge in [0.15, 0.2) is 5.78 Å². The van der Waals surface area contributed by atoms with Crippen LogP contribution in [0, 0.1) is 5.41 Å². The van der Waals surface area contributed by atoms with E-state index in [0.29, 0.717) is 12.0 Å². The van der Waals surface area contributed by atoms with Crippen LogP contribution in [0.5, 0.6) is 0 Å². The number of fused-ring (bicyclic) bond motifs is 1. The smallest absolute Gasteiger partial charge is 0.293 e. The van der Waals surface area contributed by atoms with Crippen molar-refractivity contribution in [2.75, 3.05) is 0 Å². The van der Waals surface area contributed by atoms with Gasteiger partial charge in [-0.1, -0.05) is 37.6 Å². The van der Waals surface area contributed by atoms with Crippen molar-refractivity contribution >= 4 is 5.78 Å². The number of carbonyl (C=O) groups is 1. The summed E-state index contributed by atoms with van der Waals surface area (Å²) < 4.78 is 39.6. The summed E-state index contributed by atoms with van der Waals surface area (Å²) >= 11 is 0. The molecule has 0 fully saturated rings. The Balaban J connectivity index is 2.51. The van der Waals surface area contributed by atoms with Gasteiger partial charge in [0.05, 0.1) is 0 Å². The predicted molar refractivity (Wildman–Crippen MR) is 57.9 cm³/mol. The molecular formula is C13H13F3O. The van der Waals surface area contributed by atoms with Crippen molar-refractivity contribution in [2.24, 2.45) is 5.41 Å². The van der Waals surface area contributed by atoms with Crippen molar-refractivity contribution in [1.29, 1.82) is 0 Å². The molecule has 0 radical (unpaired) electrons. The van der Waals surface area contributed by atoms with Crippen LogP contribution in [0.2, 0.25) is 0 Å². The summed E-state index contributed by atoms with van der Waals surface area (Å²) in [4.78, 5) is 12.0. The Morgan fingerprint density at radius 3 is 2.47 bits per heavy atom. The summed E-state index contributed by atoms with van der Waals surface area (Å²) in [5, 5.41) is 0. The second-order valence-electron chi connectivity index (χ2n) is 4.49. The van der Waals surface area contributed by atoms with Crippen LogP contribution < -0.4 is 0 Å². The lowest BCUT2D eigenvalue weighted by Crippen LogP contribution is -2.43. The van der Waals surface area contributed by atoms with E-state index in [9.17, 15) is 18.0 Å². The van der Waals surface area contributed by atoms with Gasteiger partial charge in [-0.25, -0.2) is 0 Å². The van der Waals surface area contributed by atoms with Crippen LogP contribution in [0.4, 0.5) is 13.2 Å². The highest BCUT2D eigenvalue weighted by Crippen LogP contribution is 2.51. The molecule has 17 heavy (non-hydrogen) atoms. The first kappa shape index (κ1) is 12.1. The third-order valence-corrected chi connectivity index (χ3v) is 3.41. The van der Waals surface area contributed by atoms with Crippen molar-refractivity contribution < 1.29 is 18.0 Å². The Kier molecular flexibility index (Phi) is 2.76. The zero-order chi connectivity index (χ0) is 12.7. The minimum absolute atomic E-state index is 0.135. The number of hydrogen-bond donors (Lipinski definition) is 0. The molecule has 1 aromatic rings. The van der Waals surface area contributed by atoms with Gasteiger partial charge in [-0.2, -0.15) is 13.2 Å². The minimum Gasteiger partial charge on any atom is -0.293 e. The molecule has 2 rings (SSSR count). The molecule has 1 aromatic carbocycles. The summed E-state index contributed by atoms with van der Waals surface area (Å²) in [7, 11) is 0. The average Bonchev–Trinajstić information content (AvgIpc) is 2.54. The molecule has 0 aromatic heterocycles. The first-order valence-corrected chi connectivity index (χ1v) is 5.62. The molecule has 92 valence electrons. The number of Topliss-reactive ketones (excluding diaryl/α,β-unsaturated/α-hetero) is 1. The fourth-order valence-corrected chi connectivity index (χ4v) is 2.56. The van der Waals surface area contributed by atoms with Crippen LogP contribution in [0.1, 0.15) is 35.7 Å². The van der Waals surface area contributed by atoms with Gasteiger partial charge < -0.3 is 0 Å². The summed E-state index contributed by atoms with van der Waals surface area (Å²) in [6, 6.07) is 6.37. The maximum absolute atomic E-state index is 13.2. The molecule has 0 amide bonds. The van der Waals surface area contributed by atoms with Gasteiger partial charge in [-0.15, -0.1) is 0 Å². The van der Waals surface area contributed by atoms with Gasteiger partial charge in [0, 0.05) is 5.56 Å². The Hall–Kier alpha value is -1.32. The lowest BCUT2D eigenvalue weighted by Gasteiger charge is -2.29. The Bertz CT molecular complexity index is 450. The van der Waals surface area contributed by atoms with E-state index in [2.05, 4.69) is 0 Å². The van der Waals surface area contributed by atoms with Gasteiger partial charge in [0.25, 0.3) is 0 Å². The molecule has 0 saturated heterocycles. The monoisotopic (exact) mass is 242 g/mol. The quantitative estimate of drug-likeness (QED) is 0.771. The topological polar surface area (TPSA) is 17.1 Å². The van der Waals surface area contributed by atoms with Crippen LogP contribution in [0.15, 0.2) is 24.3 Å². The van der Waals surface area contributed by atoms with Gasteiger partial charge >= 0.3 is 6.18 Å². The van der Waals surface area contributed by atoms with E-state index in [0.717, 1.165) is 0 Å². The molecule has 0 aliphatic heterocycles. The van der Waals surface area contributed by atoms with E-state index in [1.54, 1.807) is 25.1 Å². The number of rotatable bonds is 2. The molecule has 0 N–H and O–H groups in total. The molecule has 4 heteroatoms. The third kappa shape index (κ3) is 1.66. The lowest BCUT2D eigenvalue weighted by molar-refractivity contribution is -0.204. The van der Waals surface area contributed by atoms with Crippen molar-refractivity contribution in [3.8, 4) is 0 Å². The summed E-state index contributed by atoms with van der Waals surface area (Å²) in [6.07, 6.45) is -4.47. The van der Waals surface area contributed by atoms with Crippen molar-refractivity contribution in [1.82, 2.24) is 0 Å². The van der Waals surface area contributed by atoms with Crippen LogP contribution in [-0.2, 0) is 6.42 Å². The summed E-state index contributed by atoms with van der Waals surface area (Å²) in [6.45, 7) is 1.67. The van der Waals surface area contributed by atoms with Gasteiger partial charge in [0.2, 0.25) is 0 Å². The molecule has 1 aliphatic rings. The predicted octanol–water partition coefficient (Wildman–Crippen LogP) is 3.77. The largest absolute Gasteiger partial charge is 0.401 e. The molecule has 0 heterocycles. The zero-order valence-corrected chi connectivity index (χ0v) is 9.47. The summed E-state index contributed by atoms with van der Waals surface area (Å²) in [5.74, 6) is -0.762. The van der Waals surface area contributed by atoms with E-state index in [4.69, 9.17) is 0 Å². The highest BCUT2D eigenvalue weighted by Gasteiger charge is 2.62. The Morgan fingerprint density at radius 2 is 1.94 bits per heavy atom. The molecule has 1 aliphatic carbocycles. The van der Waals surface area contributed by atoms with Crippen LogP contribution in [-0.4, -0.2) is 12.0 Å². The molecule has 1 atom stereocenters. The number of alkyl halides is 3. The second-order valence-corrected chi connectivity index (χ2v) is 4.49. The average molecular weight is 242 g/mol. The second kappa shape index (κ2) is 3.86. The molecule has 0 bridgehead atoms.